The van der Waals surface area contributed by atoms with Gasteiger partial charge in [0.15, 0.2) is 0 Å². The van der Waals surface area contributed by atoms with Gasteiger partial charge in [-0.15, -0.1) is 0 Å². The Hall–Kier alpha value is -1.42. The zero-order valence-electron chi connectivity index (χ0n) is 14.8. The Morgan fingerprint density at radius 3 is 1.56 bits per heavy atom. The van der Waals surface area contributed by atoms with Gasteiger partial charge < -0.3 is 14.2 Å². The summed E-state index contributed by atoms with van der Waals surface area (Å²) in [6.45, 7) is 15.6. The van der Waals surface area contributed by atoms with Crippen molar-refractivity contribution >= 4 is 17.9 Å². The van der Waals surface area contributed by atoms with E-state index in [1.807, 2.05) is 32.1 Å². The van der Waals surface area contributed by atoms with Crippen LogP contribution in [0.25, 0.3) is 0 Å². The predicted octanol–water partition coefficient (Wildman–Crippen LogP) is 0.965. The summed E-state index contributed by atoms with van der Waals surface area (Å²) >= 11 is 0. The molecule has 1 heterocycles. The predicted molar refractivity (Wildman–Crippen MR) is 84.3 cm³/mol. The van der Waals surface area contributed by atoms with Crippen molar-refractivity contribution in [3.63, 3.8) is 0 Å². The molecular formula is C18H18O8W+2. The zero-order chi connectivity index (χ0) is 20.6. The van der Waals surface area contributed by atoms with Gasteiger partial charge in [-0.1, -0.05) is 0 Å². The molecule has 0 N–H and O–H groups in total. The first-order valence-electron chi connectivity index (χ1n) is 7.18. The fraction of sp³-hybridized carbons (Fsp3) is 0.278. The summed E-state index contributed by atoms with van der Waals surface area (Å²) in [5.74, 6) is -2.88. The SMILES string of the molecule is [C-]#[O+].[C-]#[O+].[CH2][C]1[CH]C(C(=O)OCC)(C(=O)OCC)OC1=O.[CH]1[CH][CH][CH][CH]1.[W+2]. The van der Waals surface area contributed by atoms with Crippen molar-refractivity contribution in [2.75, 3.05) is 13.2 Å². The summed E-state index contributed by atoms with van der Waals surface area (Å²) in [4.78, 5) is 34.6. The second-order valence-corrected chi connectivity index (χ2v) is 4.20. The van der Waals surface area contributed by atoms with Crippen LogP contribution >= 0.6 is 0 Å². The normalized spacial score (nSPS) is 16.3. The molecule has 2 aliphatic rings. The molecule has 8 radical (unpaired) electrons. The van der Waals surface area contributed by atoms with Crippen molar-refractivity contribution in [2.45, 2.75) is 19.4 Å². The van der Waals surface area contributed by atoms with Gasteiger partial charge in [-0.05, 0) is 52.9 Å². The molecule has 8 nitrogen and oxygen atoms in total. The van der Waals surface area contributed by atoms with Crippen molar-refractivity contribution in [1.29, 1.82) is 0 Å². The van der Waals surface area contributed by atoms with Crippen LogP contribution in [0, 0.1) is 64.7 Å². The molecule has 2 fully saturated rings. The zero-order valence-corrected chi connectivity index (χ0v) is 17.7. The van der Waals surface area contributed by atoms with Crippen LogP contribution in [0.4, 0.5) is 0 Å². The molecule has 142 valence electrons. The Balaban J connectivity index is -0.000000482. The van der Waals surface area contributed by atoms with Gasteiger partial charge in [0.25, 0.3) is 0 Å². The fourth-order valence-electron chi connectivity index (χ4n) is 1.63. The minimum Gasteiger partial charge on any atom is -0.463 e. The molecule has 9 heteroatoms. The number of ether oxygens (including phenoxy) is 3. The van der Waals surface area contributed by atoms with Crippen molar-refractivity contribution in [1.82, 2.24) is 0 Å². The maximum atomic E-state index is 11.7. The number of hydrogen-bond acceptors (Lipinski definition) is 6. The van der Waals surface area contributed by atoms with E-state index in [4.69, 9.17) is 23.5 Å². The van der Waals surface area contributed by atoms with Crippen LogP contribution in [-0.4, -0.2) is 36.7 Å². The van der Waals surface area contributed by atoms with E-state index in [-0.39, 0.29) is 40.2 Å². The Morgan fingerprint density at radius 2 is 1.33 bits per heavy atom. The summed E-state index contributed by atoms with van der Waals surface area (Å²) in [6, 6.07) is 0. The van der Waals surface area contributed by atoms with Gasteiger partial charge in [0.2, 0.25) is 0 Å². The van der Waals surface area contributed by atoms with E-state index in [2.05, 4.69) is 20.2 Å². The van der Waals surface area contributed by atoms with E-state index in [1.165, 1.54) is 0 Å². The smallest absolute Gasteiger partial charge is 0.463 e. The van der Waals surface area contributed by atoms with E-state index in [9.17, 15) is 14.4 Å². The molecule has 0 bridgehead atoms. The summed E-state index contributed by atoms with van der Waals surface area (Å²) in [6.07, 6.45) is 11.0. The average molecular weight is 546 g/mol. The maximum Gasteiger partial charge on any atom is 2.00 e. The molecule has 0 aromatic heterocycles. The molecule has 0 aromatic rings. The van der Waals surface area contributed by atoms with Crippen LogP contribution in [0.3, 0.4) is 0 Å². The van der Waals surface area contributed by atoms with Gasteiger partial charge in [0.05, 0.1) is 19.1 Å². The monoisotopic (exact) mass is 546 g/mol. The van der Waals surface area contributed by atoms with Crippen LogP contribution in [0.5, 0.6) is 0 Å². The Kier molecular flexibility index (Phi) is 20.2. The van der Waals surface area contributed by atoms with Gasteiger partial charge in [0.1, 0.15) is 0 Å². The topological polar surface area (TPSA) is 119 Å². The molecule has 1 saturated carbocycles. The van der Waals surface area contributed by atoms with E-state index < -0.39 is 23.5 Å². The molecule has 1 aliphatic carbocycles. The van der Waals surface area contributed by atoms with E-state index >= 15 is 0 Å². The Morgan fingerprint density at radius 1 is 1.00 bits per heavy atom. The van der Waals surface area contributed by atoms with Gasteiger partial charge in [-0.25, -0.2) is 9.59 Å². The van der Waals surface area contributed by atoms with Crippen LogP contribution in [-0.2, 0) is 59.0 Å². The first-order valence-corrected chi connectivity index (χ1v) is 7.18. The van der Waals surface area contributed by atoms with Gasteiger partial charge in [0, 0.05) is 6.42 Å². The summed E-state index contributed by atoms with van der Waals surface area (Å²) in [7, 11) is 0. The van der Waals surface area contributed by atoms with Crippen LogP contribution in [0.1, 0.15) is 13.8 Å². The number of rotatable bonds is 4. The molecule has 0 aromatic carbocycles. The third kappa shape index (κ3) is 9.90. The summed E-state index contributed by atoms with van der Waals surface area (Å²) in [5, 5.41) is 0. The van der Waals surface area contributed by atoms with E-state index in [0.29, 0.717) is 0 Å². The number of hydrogen-bond donors (Lipinski definition) is 0. The van der Waals surface area contributed by atoms with Gasteiger partial charge >= 0.3 is 67.2 Å². The first-order chi connectivity index (χ1) is 12.5. The molecule has 2 rings (SSSR count). The molecule has 0 atom stereocenters. The molecule has 0 amide bonds. The summed E-state index contributed by atoms with van der Waals surface area (Å²) < 4.78 is 29.2. The van der Waals surface area contributed by atoms with Crippen LogP contribution in [0.2, 0.25) is 0 Å². The quantitative estimate of drug-likeness (QED) is 0.171. The second kappa shape index (κ2) is 18.0. The third-order valence-corrected chi connectivity index (χ3v) is 2.61. The largest absolute Gasteiger partial charge is 2.00 e. The van der Waals surface area contributed by atoms with E-state index in [0.717, 1.165) is 6.42 Å². The summed E-state index contributed by atoms with van der Waals surface area (Å²) in [5.41, 5.74) is -2.14. The number of carbonyl (C=O) groups is 3. The maximum absolute atomic E-state index is 11.7. The molecule has 1 saturated heterocycles. The third-order valence-electron chi connectivity index (χ3n) is 2.61. The van der Waals surface area contributed by atoms with E-state index in [1.54, 1.807) is 13.8 Å². The van der Waals surface area contributed by atoms with Crippen molar-refractivity contribution < 1.29 is 59.0 Å². The number of cyclic esters (lactones) is 1. The molecular weight excluding hydrogens is 528 g/mol. The first kappa shape index (κ1) is 30.3. The standard InChI is InChI=1S/C11H13O6.C5H5.2CO.W/c1-4-15-9(13)11(10(14)16-5-2)6-7(3)8(12)17-11;1-2-4-5-3-1;2*1-2;/h6H,3-5H2,1-2H3;1-5H;;;/q;;;;+2. The number of carbonyl (C=O) groups excluding carboxylic acids is 3. The van der Waals surface area contributed by atoms with Gasteiger partial charge in [-0.3, -0.25) is 4.79 Å². The second-order valence-electron chi connectivity index (χ2n) is 4.20. The van der Waals surface area contributed by atoms with Crippen molar-refractivity contribution in [3.05, 3.63) is 64.7 Å². The molecule has 27 heavy (non-hydrogen) atoms. The van der Waals surface area contributed by atoms with Crippen molar-refractivity contribution in [2.24, 2.45) is 0 Å². The Bertz CT molecular complexity index is 451. The molecule has 0 unspecified atom stereocenters. The minimum absolute atomic E-state index is 0. The Labute approximate surface area is 174 Å². The number of esters is 3. The average Bonchev–Trinajstić information content (AvgIpc) is 3.32. The fourth-order valence-corrected chi connectivity index (χ4v) is 1.63. The van der Waals surface area contributed by atoms with Crippen molar-refractivity contribution in [3.8, 4) is 0 Å². The van der Waals surface area contributed by atoms with Crippen LogP contribution < -0.4 is 0 Å². The molecule has 1 aliphatic heterocycles. The van der Waals surface area contributed by atoms with Gasteiger partial charge in [-0.2, -0.15) is 0 Å². The molecule has 0 spiro atoms. The minimum atomic E-state index is -2.14. The van der Waals surface area contributed by atoms with Crippen LogP contribution in [0.15, 0.2) is 0 Å².